The highest BCUT2D eigenvalue weighted by atomic mass is 17.2. The highest BCUT2D eigenvalue weighted by molar-refractivity contribution is 5.88. The second kappa shape index (κ2) is 11.8. The molecule has 0 atom stereocenters. The number of benzene rings is 1. The van der Waals surface area contributed by atoms with Gasteiger partial charge in [0.25, 0.3) is 0 Å². The summed E-state index contributed by atoms with van der Waals surface area (Å²) in [6.07, 6.45) is 1.62. The zero-order chi connectivity index (χ0) is 23.6. The Morgan fingerprint density at radius 3 is 1.37 bits per heavy atom. The standard InChI is InChI=1S/C16H34O4.C7H6O3/c1-13(2,3)17-19-15(7,8)11-12-16(9,10)20-18-14(4,5)6;8-7(10-9)6-4-2-1-3-5-6/h11-12H2,1-10H3;1-5,9H. The molecule has 1 rings (SSSR count). The van der Waals surface area contributed by atoms with E-state index in [1.54, 1.807) is 30.3 Å². The summed E-state index contributed by atoms with van der Waals surface area (Å²) in [4.78, 5) is 35.9. The first kappa shape index (κ1) is 28.5. The second-order valence-electron chi connectivity index (χ2n) is 10.3. The molecule has 0 unspecified atom stereocenters. The molecule has 0 saturated heterocycles. The van der Waals surface area contributed by atoms with Gasteiger partial charge in [0.2, 0.25) is 0 Å². The van der Waals surface area contributed by atoms with Crippen LogP contribution in [-0.2, 0) is 24.4 Å². The predicted octanol–water partition coefficient (Wildman–Crippen LogP) is 6.13. The number of carbonyl (C=O) groups excluding carboxylic acids is 1. The van der Waals surface area contributed by atoms with Crippen molar-refractivity contribution in [1.29, 1.82) is 0 Å². The summed E-state index contributed by atoms with van der Waals surface area (Å²) < 4.78 is 0. The summed E-state index contributed by atoms with van der Waals surface area (Å²) in [5.74, 6) is -0.736. The van der Waals surface area contributed by atoms with Crippen LogP contribution in [0.4, 0.5) is 0 Å². The van der Waals surface area contributed by atoms with Crippen LogP contribution in [0, 0.1) is 0 Å². The molecule has 1 aromatic carbocycles. The third-order valence-electron chi connectivity index (χ3n) is 3.46. The molecule has 30 heavy (non-hydrogen) atoms. The van der Waals surface area contributed by atoms with Gasteiger partial charge in [-0.05, 0) is 94.2 Å². The van der Waals surface area contributed by atoms with Crippen molar-refractivity contribution in [2.45, 2.75) is 104 Å². The van der Waals surface area contributed by atoms with Gasteiger partial charge < -0.3 is 0 Å². The first-order valence-electron chi connectivity index (χ1n) is 10.1. The fourth-order valence-electron chi connectivity index (χ4n) is 1.79. The zero-order valence-electron chi connectivity index (χ0n) is 20.2. The van der Waals surface area contributed by atoms with Crippen molar-refractivity contribution in [2.24, 2.45) is 0 Å². The fourth-order valence-corrected chi connectivity index (χ4v) is 1.79. The van der Waals surface area contributed by atoms with Crippen LogP contribution in [0.3, 0.4) is 0 Å². The molecule has 0 amide bonds. The molecule has 1 N–H and O–H groups in total. The van der Waals surface area contributed by atoms with Crippen molar-refractivity contribution in [3.63, 3.8) is 0 Å². The Morgan fingerprint density at radius 2 is 1.07 bits per heavy atom. The maximum absolute atomic E-state index is 10.5. The van der Waals surface area contributed by atoms with Crippen LogP contribution >= 0.6 is 0 Å². The van der Waals surface area contributed by atoms with Gasteiger partial charge >= 0.3 is 5.97 Å². The molecule has 7 nitrogen and oxygen atoms in total. The third-order valence-corrected chi connectivity index (χ3v) is 3.46. The van der Waals surface area contributed by atoms with E-state index in [2.05, 4.69) is 4.89 Å². The van der Waals surface area contributed by atoms with Gasteiger partial charge in [0.1, 0.15) is 0 Å². The summed E-state index contributed by atoms with van der Waals surface area (Å²) in [6.45, 7) is 19.8. The van der Waals surface area contributed by atoms with Gasteiger partial charge in [0.15, 0.2) is 0 Å². The SMILES string of the molecule is CC(C)(C)OOC(C)(C)CCC(C)(C)OOC(C)(C)C.O=C(OO)c1ccccc1. The molecular weight excluding hydrogens is 388 g/mol. The van der Waals surface area contributed by atoms with Gasteiger partial charge in [-0.1, -0.05) is 18.2 Å². The lowest BCUT2D eigenvalue weighted by atomic mass is 9.94. The number of hydrogen-bond acceptors (Lipinski definition) is 7. The molecule has 0 bridgehead atoms. The Morgan fingerprint density at radius 1 is 0.700 bits per heavy atom. The zero-order valence-corrected chi connectivity index (χ0v) is 20.2. The highest BCUT2D eigenvalue weighted by Gasteiger charge is 2.30. The summed E-state index contributed by atoms with van der Waals surface area (Å²) in [5.41, 5.74) is -1.01. The van der Waals surface area contributed by atoms with Gasteiger partial charge in [-0.3, -0.25) is 4.89 Å². The van der Waals surface area contributed by atoms with Crippen LogP contribution in [0.15, 0.2) is 30.3 Å². The van der Waals surface area contributed by atoms with E-state index in [9.17, 15) is 4.79 Å². The maximum Gasteiger partial charge on any atom is 0.372 e. The Kier molecular flexibility index (Phi) is 11.2. The second-order valence-corrected chi connectivity index (χ2v) is 10.3. The Bertz CT molecular complexity index is 581. The molecular formula is C23H40O7. The van der Waals surface area contributed by atoms with E-state index in [4.69, 9.17) is 24.8 Å². The van der Waals surface area contributed by atoms with E-state index >= 15 is 0 Å². The largest absolute Gasteiger partial charge is 0.372 e. The van der Waals surface area contributed by atoms with Crippen molar-refractivity contribution >= 4 is 5.97 Å². The maximum atomic E-state index is 10.5. The van der Waals surface area contributed by atoms with Gasteiger partial charge in [-0.25, -0.2) is 24.3 Å². The van der Waals surface area contributed by atoms with Crippen molar-refractivity contribution in [3.8, 4) is 0 Å². The quantitative estimate of drug-likeness (QED) is 0.393. The smallest absolute Gasteiger partial charge is 0.296 e. The minimum absolute atomic E-state index is 0.307. The molecule has 7 heteroatoms. The highest BCUT2D eigenvalue weighted by Crippen LogP contribution is 2.27. The third kappa shape index (κ3) is 15.3. The molecule has 0 aromatic heterocycles. The molecule has 1 aromatic rings. The van der Waals surface area contributed by atoms with E-state index in [0.29, 0.717) is 5.56 Å². The minimum Gasteiger partial charge on any atom is -0.296 e. The van der Waals surface area contributed by atoms with Crippen LogP contribution < -0.4 is 0 Å². The van der Waals surface area contributed by atoms with Crippen LogP contribution in [0.5, 0.6) is 0 Å². The van der Waals surface area contributed by atoms with Crippen molar-refractivity contribution in [3.05, 3.63) is 35.9 Å². The van der Waals surface area contributed by atoms with Crippen molar-refractivity contribution < 1.29 is 34.5 Å². The lowest BCUT2D eigenvalue weighted by Gasteiger charge is -2.33. The molecule has 0 heterocycles. The van der Waals surface area contributed by atoms with Gasteiger partial charge in [-0.15, -0.1) is 0 Å². The first-order chi connectivity index (χ1) is 13.5. The molecule has 0 aliphatic rings. The number of hydrogen-bond donors (Lipinski definition) is 1. The van der Waals surface area contributed by atoms with E-state index in [0.717, 1.165) is 12.8 Å². The summed E-state index contributed by atoms with van der Waals surface area (Å²) in [5, 5.41) is 7.94. The first-order valence-corrected chi connectivity index (χ1v) is 10.1. The molecule has 174 valence electrons. The van der Waals surface area contributed by atoms with E-state index in [1.165, 1.54) is 0 Å². The minimum atomic E-state index is -0.736. The van der Waals surface area contributed by atoms with Crippen LogP contribution in [0.2, 0.25) is 0 Å². The fraction of sp³-hybridized carbons (Fsp3) is 0.696. The average molecular weight is 429 g/mol. The molecule has 0 saturated carbocycles. The monoisotopic (exact) mass is 428 g/mol. The van der Waals surface area contributed by atoms with Gasteiger partial charge in [0, 0.05) is 0 Å². The molecule has 0 aliphatic heterocycles. The van der Waals surface area contributed by atoms with Crippen molar-refractivity contribution in [1.82, 2.24) is 0 Å². The Hall–Kier alpha value is -1.51. The lowest BCUT2D eigenvalue weighted by Crippen LogP contribution is -2.35. The van der Waals surface area contributed by atoms with Gasteiger partial charge in [-0.2, -0.15) is 5.26 Å². The summed E-state index contributed by atoms with van der Waals surface area (Å²) in [6, 6.07) is 8.25. The van der Waals surface area contributed by atoms with E-state index in [1.807, 2.05) is 69.2 Å². The van der Waals surface area contributed by atoms with E-state index < -0.39 is 5.97 Å². The number of rotatable bonds is 8. The van der Waals surface area contributed by atoms with Crippen molar-refractivity contribution in [2.75, 3.05) is 0 Å². The van der Waals surface area contributed by atoms with Crippen LogP contribution in [-0.4, -0.2) is 33.6 Å². The Labute approximate surface area is 181 Å². The van der Waals surface area contributed by atoms with Gasteiger partial charge in [0.05, 0.1) is 28.0 Å². The Balaban J connectivity index is 0.000000696. The van der Waals surface area contributed by atoms with E-state index in [-0.39, 0.29) is 22.4 Å². The van der Waals surface area contributed by atoms with Crippen LogP contribution in [0.25, 0.3) is 0 Å². The summed E-state index contributed by atoms with van der Waals surface area (Å²) in [7, 11) is 0. The molecule has 0 fully saturated rings. The normalized spacial score (nSPS) is 12.8. The topological polar surface area (TPSA) is 83.5 Å². The summed E-state index contributed by atoms with van der Waals surface area (Å²) >= 11 is 0. The molecule has 0 radical (unpaired) electrons. The predicted molar refractivity (Wildman–Crippen MR) is 116 cm³/mol. The molecule has 0 spiro atoms. The molecule has 0 aliphatic carbocycles. The van der Waals surface area contributed by atoms with Crippen LogP contribution in [0.1, 0.15) is 92.4 Å². The number of carbonyl (C=O) groups is 1. The lowest BCUT2D eigenvalue weighted by molar-refractivity contribution is -0.410. The average Bonchev–Trinajstić information content (AvgIpc) is 2.63.